The SMILES string of the molecule is COC(OC)(c1ccccc1)C(C(C)=O)c1ccccc1. The molecular formula is C18H20O3. The predicted molar refractivity (Wildman–Crippen MR) is 82.0 cm³/mol. The Kier molecular flexibility index (Phi) is 4.89. The molecule has 0 aliphatic heterocycles. The van der Waals surface area contributed by atoms with Crippen molar-refractivity contribution in [1.29, 1.82) is 0 Å². The van der Waals surface area contributed by atoms with Crippen LogP contribution < -0.4 is 0 Å². The molecule has 1 unspecified atom stereocenters. The fraction of sp³-hybridized carbons (Fsp3) is 0.278. The maximum atomic E-state index is 12.3. The topological polar surface area (TPSA) is 35.5 Å². The fourth-order valence-electron chi connectivity index (χ4n) is 2.76. The molecule has 0 spiro atoms. The van der Waals surface area contributed by atoms with Crippen molar-refractivity contribution in [3.8, 4) is 0 Å². The van der Waals surface area contributed by atoms with E-state index in [1.165, 1.54) is 0 Å². The van der Waals surface area contributed by atoms with E-state index in [1.54, 1.807) is 21.1 Å². The summed E-state index contributed by atoms with van der Waals surface area (Å²) < 4.78 is 11.4. The summed E-state index contributed by atoms with van der Waals surface area (Å²) in [5.41, 5.74) is 1.69. The van der Waals surface area contributed by atoms with Crippen LogP contribution in [0.1, 0.15) is 24.0 Å². The first-order valence-electron chi connectivity index (χ1n) is 6.87. The zero-order valence-electron chi connectivity index (χ0n) is 12.6. The van der Waals surface area contributed by atoms with E-state index in [4.69, 9.17) is 9.47 Å². The van der Waals surface area contributed by atoms with Crippen LogP contribution in [0.5, 0.6) is 0 Å². The summed E-state index contributed by atoms with van der Waals surface area (Å²) in [5, 5.41) is 0. The van der Waals surface area contributed by atoms with Crippen molar-refractivity contribution in [2.75, 3.05) is 14.2 Å². The molecule has 0 heterocycles. The summed E-state index contributed by atoms with van der Waals surface area (Å²) in [6.45, 7) is 1.56. The van der Waals surface area contributed by atoms with Gasteiger partial charge in [-0.15, -0.1) is 0 Å². The lowest BCUT2D eigenvalue weighted by Gasteiger charge is -2.37. The summed E-state index contributed by atoms with van der Waals surface area (Å²) in [7, 11) is 3.13. The molecule has 1 atom stereocenters. The van der Waals surface area contributed by atoms with Gasteiger partial charge in [0.2, 0.25) is 5.79 Å². The summed E-state index contributed by atoms with van der Waals surface area (Å²) in [6.07, 6.45) is 0. The van der Waals surface area contributed by atoms with E-state index in [9.17, 15) is 4.79 Å². The highest BCUT2D eigenvalue weighted by molar-refractivity contribution is 5.84. The normalized spacial score (nSPS) is 12.9. The molecule has 0 N–H and O–H groups in total. The Hall–Kier alpha value is -1.97. The van der Waals surface area contributed by atoms with E-state index in [-0.39, 0.29) is 5.78 Å². The van der Waals surface area contributed by atoms with Crippen molar-refractivity contribution < 1.29 is 14.3 Å². The average Bonchev–Trinajstić information content (AvgIpc) is 2.54. The quantitative estimate of drug-likeness (QED) is 0.762. The Morgan fingerprint density at radius 2 is 1.38 bits per heavy atom. The van der Waals surface area contributed by atoms with Crippen molar-refractivity contribution in [3.05, 3.63) is 71.8 Å². The number of methoxy groups -OCH3 is 2. The number of hydrogen-bond donors (Lipinski definition) is 0. The van der Waals surface area contributed by atoms with Gasteiger partial charge in [-0.2, -0.15) is 0 Å². The highest BCUT2D eigenvalue weighted by Crippen LogP contribution is 2.41. The first kappa shape index (κ1) is 15.4. The Morgan fingerprint density at radius 1 is 0.905 bits per heavy atom. The van der Waals surface area contributed by atoms with Gasteiger partial charge in [-0.05, 0) is 12.5 Å². The molecule has 0 aromatic heterocycles. The van der Waals surface area contributed by atoms with E-state index in [0.717, 1.165) is 11.1 Å². The molecule has 3 nitrogen and oxygen atoms in total. The number of ether oxygens (including phenoxy) is 2. The first-order valence-corrected chi connectivity index (χ1v) is 6.87. The number of rotatable bonds is 6. The lowest BCUT2D eigenvalue weighted by atomic mass is 9.83. The number of carbonyl (C=O) groups excluding carboxylic acids is 1. The number of ketones is 1. The highest BCUT2D eigenvalue weighted by Gasteiger charge is 2.44. The van der Waals surface area contributed by atoms with E-state index < -0.39 is 11.7 Å². The van der Waals surface area contributed by atoms with Crippen LogP contribution in [0, 0.1) is 0 Å². The molecule has 3 heteroatoms. The molecule has 0 saturated heterocycles. The van der Waals surface area contributed by atoms with E-state index in [1.807, 2.05) is 60.7 Å². The number of carbonyl (C=O) groups is 1. The fourth-order valence-corrected chi connectivity index (χ4v) is 2.76. The maximum absolute atomic E-state index is 12.3. The molecule has 0 radical (unpaired) electrons. The van der Waals surface area contributed by atoms with Gasteiger partial charge in [0, 0.05) is 19.8 Å². The Labute approximate surface area is 125 Å². The number of Topliss-reactive ketones (excluding diaryl/α,β-unsaturated/α-hetero) is 1. The second-order valence-corrected chi connectivity index (χ2v) is 4.90. The highest BCUT2D eigenvalue weighted by atomic mass is 16.7. The molecule has 0 amide bonds. The van der Waals surface area contributed by atoms with Crippen LogP contribution in [0.15, 0.2) is 60.7 Å². The zero-order chi connectivity index (χ0) is 15.3. The molecule has 2 aromatic rings. The van der Waals surface area contributed by atoms with Crippen LogP contribution in [0.25, 0.3) is 0 Å². The van der Waals surface area contributed by atoms with E-state index in [2.05, 4.69) is 0 Å². The van der Waals surface area contributed by atoms with E-state index in [0.29, 0.717) is 0 Å². The first-order chi connectivity index (χ1) is 10.2. The van der Waals surface area contributed by atoms with Crippen LogP contribution in [0.4, 0.5) is 0 Å². The monoisotopic (exact) mass is 284 g/mol. The van der Waals surface area contributed by atoms with Crippen LogP contribution in [0.3, 0.4) is 0 Å². The van der Waals surface area contributed by atoms with Crippen molar-refractivity contribution in [3.63, 3.8) is 0 Å². The molecule has 110 valence electrons. The second-order valence-electron chi connectivity index (χ2n) is 4.90. The standard InChI is InChI=1S/C18H20O3/c1-14(19)17(15-10-6-4-7-11-15)18(20-2,21-3)16-12-8-5-9-13-16/h4-13,17H,1-3H3. The van der Waals surface area contributed by atoms with Crippen molar-refractivity contribution >= 4 is 5.78 Å². The molecule has 2 aromatic carbocycles. The van der Waals surface area contributed by atoms with Gasteiger partial charge >= 0.3 is 0 Å². The molecule has 0 aliphatic carbocycles. The third-order valence-electron chi connectivity index (χ3n) is 3.70. The minimum Gasteiger partial charge on any atom is -0.348 e. The Balaban J connectivity index is 2.60. The molecule has 0 aliphatic rings. The van der Waals surface area contributed by atoms with Gasteiger partial charge in [0.05, 0.1) is 0 Å². The smallest absolute Gasteiger partial charge is 0.208 e. The van der Waals surface area contributed by atoms with Gasteiger partial charge in [0.25, 0.3) is 0 Å². The van der Waals surface area contributed by atoms with E-state index >= 15 is 0 Å². The van der Waals surface area contributed by atoms with Crippen molar-refractivity contribution in [2.24, 2.45) is 0 Å². The van der Waals surface area contributed by atoms with Crippen molar-refractivity contribution in [2.45, 2.75) is 18.6 Å². The molecule has 21 heavy (non-hydrogen) atoms. The third-order valence-corrected chi connectivity index (χ3v) is 3.70. The van der Waals surface area contributed by atoms with Gasteiger partial charge in [-0.1, -0.05) is 60.7 Å². The van der Waals surface area contributed by atoms with Gasteiger partial charge in [0.1, 0.15) is 11.7 Å². The summed E-state index contributed by atoms with van der Waals surface area (Å²) in [4.78, 5) is 12.3. The predicted octanol–water partition coefficient (Wildman–Crippen LogP) is 3.51. The van der Waals surface area contributed by atoms with Crippen LogP contribution in [-0.4, -0.2) is 20.0 Å². The lowest BCUT2D eigenvalue weighted by Crippen LogP contribution is -2.41. The van der Waals surface area contributed by atoms with Crippen molar-refractivity contribution in [1.82, 2.24) is 0 Å². The summed E-state index contributed by atoms with van der Waals surface area (Å²) >= 11 is 0. The minimum atomic E-state index is -1.13. The molecule has 0 bridgehead atoms. The Morgan fingerprint density at radius 3 is 1.81 bits per heavy atom. The molecule has 2 rings (SSSR count). The van der Waals surface area contributed by atoms with Gasteiger partial charge in [-0.25, -0.2) is 0 Å². The van der Waals surface area contributed by atoms with Crippen LogP contribution >= 0.6 is 0 Å². The lowest BCUT2D eigenvalue weighted by molar-refractivity contribution is -0.229. The minimum absolute atomic E-state index is 0.00578. The largest absolute Gasteiger partial charge is 0.348 e. The van der Waals surface area contributed by atoms with Gasteiger partial charge in [0.15, 0.2) is 0 Å². The third kappa shape index (κ3) is 2.89. The van der Waals surface area contributed by atoms with Crippen LogP contribution in [-0.2, 0) is 20.1 Å². The Bertz CT molecular complexity index is 574. The van der Waals surface area contributed by atoms with Crippen LogP contribution in [0.2, 0.25) is 0 Å². The summed E-state index contributed by atoms with van der Waals surface area (Å²) in [5.74, 6) is -1.67. The second kappa shape index (κ2) is 6.66. The summed E-state index contributed by atoms with van der Waals surface area (Å²) in [6, 6.07) is 19.1. The molecule has 0 saturated carbocycles. The zero-order valence-corrected chi connectivity index (χ0v) is 12.6. The van der Waals surface area contributed by atoms with Gasteiger partial charge in [-0.3, -0.25) is 4.79 Å². The number of benzene rings is 2. The average molecular weight is 284 g/mol. The molecular weight excluding hydrogens is 264 g/mol. The number of hydrogen-bond acceptors (Lipinski definition) is 3. The maximum Gasteiger partial charge on any atom is 0.208 e. The molecule has 0 fully saturated rings. The van der Waals surface area contributed by atoms with Gasteiger partial charge < -0.3 is 9.47 Å².